The molecule has 1 saturated heterocycles. The fourth-order valence-corrected chi connectivity index (χ4v) is 4.00. The predicted molar refractivity (Wildman–Crippen MR) is 116 cm³/mol. The third kappa shape index (κ3) is 6.07. The van der Waals surface area contributed by atoms with E-state index in [1.54, 1.807) is 0 Å². The summed E-state index contributed by atoms with van der Waals surface area (Å²) in [6.07, 6.45) is 0.536. The molecular formula is C24H27NO7. The van der Waals surface area contributed by atoms with E-state index in [0.717, 1.165) is 25.4 Å². The van der Waals surface area contributed by atoms with E-state index in [9.17, 15) is 4.79 Å². The number of carbonyl (C=O) groups is 3. The average Bonchev–Trinajstić information content (AvgIpc) is 3.18. The van der Waals surface area contributed by atoms with Crippen LogP contribution in [0, 0.1) is 5.92 Å². The SMILES string of the molecule is CC1CN(CCC(=O)c2ccc3c(c2)OCCO3)CC1c1ccccc1.O=C(O)C(=O)O. The summed E-state index contributed by atoms with van der Waals surface area (Å²) >= 11 is 0. The van der Waals surface area contributed by atoms with Crippen LogP contribution in [0.15, 0.2) is 48.5 Å². The number of Topliss-reactive ketones (excluding diaryl/α,β-unsaturated/α-hetero) is 1. The molecular weight excluding hydrogens is 414 g/mol. The van der Waals surface area contributed by atoms with E-state index in [1.165, 1.54) is 5.56 Å². The maximum atomic E-state index is 12.6. The molecule has 2 aliphatic heterocycles. The van der Waals surface area contributed by atoms with Gasteiger partial charge >= 0.3 is 11.9 Å². The van der Waals surface area contributed by atoms with Crippen molar-refractivity contribution in [2.24, 2.45) is 5.92 Å². The van der Waals surface area contributed by atoms with Gasteiger partial charge in [-0.15, -0.1) is 0 Å². The second-order valence-corrected chi connectivity index (χ2v) is 7.90. The molecule has 0 aliphatic carbocycles. The number of ether oxygens (including phenoxy) is 2. The van der Waals surface area contributed by atoms with Gasteiger partial charge in [0.15, 0.2) is 17.3 Å². The van der Waals surface area contributed by atoms with Crippen LogP contribution in [0.1, 0.15) is 35.2 Å². The highest BCUT2D eigenvalue weighted by Gasteiger charge is 2.30. The van der Waals surface area contributed by atoms with Crippen LogP contribution in [-0.2, 0) is 9.59 Å². The molecule has 2 atom stereocenters. The molecule has 2 N–H and O–H groups in total. The van der Waals surface area contributed by atoms with Gasteiger partial charge in [0, 0.05) is 37.5 Å². The van der Waals surface area contributed by atoms with Gasteiger partial charge in [-0.05, 0) is 29.7 Å². The van der Waals surface area contributed by atoms with Crippen molar-refractivity contribution in [2.45, 2.75) is 19.3 Å². The molecule has 2 aromatic carbocycles. The summed E-state index contributed by atoms with van der Waals surface area (Å²) in [6, 6.07) is 16.2. The molecule has 2 unspecified atom stereocenters. The van der Waals surface area contributed by atoms with Crippen LogP contribution in [0.4, 0.5) is 0 Å². The first-order chi connectivity index (χ1) is 15.3. The standard InChI is InChI=1S/C22H25NO3.C2H2O4/c1-16-14-23(15-19(16)17-5-3-2-4-6-17)10-9-20(24)18-7-8-21-22(13-18)26-12-11-25-21;3-1(4)2(5)6/h2-8,13,16,19H,9-12,14-15H2,1H3;(H,3,4)(H,5,6). The lowest BCUT2D eigenvalue weighted by Crippen LogP contribution is -2.24. The second-order valence-electron chi connectivity index (χ2n) is 7.90. The molecule has 4 rings (SSSR count). The number of likely N-dealkylation sites (tertiary alicyclic amines) is 1. The first-order valence-corrected chi connectivity index (χ1v) is 10.5. The number of hydrogen-bond donors (Lipinski definition) is 2. The highest BCUT2D eigenvalue weighted by molar-refractivity contribution is 6.27. The van der Waals surface area contributed by atoms with Gasteiger partial charge in [-0.2, -0.15) is 0 Å². The van der Waals surface area contributed by atoms with Crippen molar-refractivity contribution in [1.29, 1.82) is 0 Å². The third-order valence-corrected chi connectivity index (χ3v) is 5.62. The van der Waals surface area contributed by atoms with Gasteiger partial charge in [0.05, 0.1) is 0 Å². The zero-order valence-electron chi connectivity index (χ0n) is 17.9. The van der Waals surface area contributed by atoms with E-state index in [4.69, 9.17) is 29.3 Å². The minimum atomic E-state index is -1.82. The average molecular weight is 441 g/mol. The summed E-state index contributed by atoms with van der Waals surface area (Å²) in [6.45, 7) is 6.29. The molecule has 0 radical (unpaired) electrons. The minimum Gasteiger partial charge on any atom is -0.486 e. The van der Waals surface area contributed by atoms with E-state index in [-0.39, 0.29) is 5.78 Å². The fraction of sp³-hybridized carbons (Fsp3) is 0.375. The van der Waals surface area contributed by atoms with E-state index in [2.05, 4.69) is 42.2 Å². The van der Waals surface area contributed by atoms with Gasteiger partial charge in [-0.25, -0.2) is 9.59 Å². The topological polar surface area (TPSA) is 113 Å². The number of nitrogens with zero attached hydrogens (tertiary/aromatic N) is 1. The lowest BCUT2D eigenvalue weighted by atomic mass is 9.90. The first-order valence-electron chi connectivity index (χ1n) is 10.5. The maximum Gasteiger partial charge on any atom is 0.414 e. The van der Waals surface area contributed by atoms with Crippen molar-refractivity contribution >= 4 is 17.7 Å². The summed E-state index contributed by atoms with van der Waals surface area (Å²) in [5, 5.41) is 14.8. The van der Waals surface area contributed by atoms with Crippen LogP contribution in [-0.4, -0.2) is 65.7 Å². The van der Waals surface area contributed by atoms with Crippen LogP contribution in [0.3, 0.4) is 0 Å². The van der Waals surface area contributed by atoms with Crippen molar-refractivity contribution in [3.05, 3.63) is 59.7 Å². The second kappa shape index (κ2) is 10.8. The summed E-state index contributed by atoms with van der Waals surface area (Å²) in [7, 11) is 0. The molecule has 2 aliphatic rings. The Kier molecular flexibility index (Phi) is 7.83. The Morgan fingerprint density at radius 2 is 1.59 bits per heavy atom. The predicted octanol–water partition coefficient (Wildman–Crippen LogP) is 2.92. The fourth-order valence-electron chi connectivity index (χ4n) is 4.00. The Hall–Kier alpha value is -3.39. The Bertz CT molecular complexity index is 948. The van der Waals surface area contributed by atoms with E-state index in [1.807, 2.05) is 18.2 Å². The van der Waals surface area contributed by atoms with Gasteiger partial charge in [-0.1, -0.05) is 37.3 Å². The van der Waals surface area contributed by atoms with Crippen LogP contribution >= 0.6 is 0 Å². The smallest absolute Gasteiger partial charge is 0.414 e. The monoisotopic (exact) mass is 441 g/mol. The number of carboxylic acid groups (broad SMARTS) is 2. The summed E-state index contributed by atoms with van der Waals surface area (Å²) in [5.41, 5.74) is 2.11. The Labute approximate surface area is 186 Å². The maximum absolute atomic E-state index is 12.6. The number of ketones is 1. The van der Waals surface area contributed by atoms with E-state index >= 15 is 0 Å². The molecule has 0 aromatic heterocycles. The number of rotatable bonds is 5. The number of fused-ring (bicyclic) bond motifs is 1. The molecule has 2 aromatic rings. The number of carboxylic acids is 2. The van der Waals surface area contributed by atoms with E-state index in [0.29, 0.717) is 42.8 Å². The summed E-state index contributed by atoms with van der Waals surface area (Å²) in [4.78, 5) is 33.2. The quantitative estimate of drug-likeness (QED) is 0.538. The summed E-state index contributed by atoms with van der Waals surface area (Å²) in [5.74, 6) is -0.905. The Balaban J connectivity index is 0.000000427. The molecule has 8 nitrogen and oxygen atoms in total. The van der Waals surface area contributed by atoms with Crippen LogP contribution < -0.4 is 9.47 Å². The molecule has 2 heterocycles. The van der Waals surface area contributed by atoms with Gasteiger partial charge in [-0.3, -0.25) is 4.79 Å². The van der Waals surface area contributed by atoms with Gasteiger partial charge in [0.1, 0.15) is 13.2 Å². The van der Waals surface area contributed by atoms with E-state index < -0.39 is 11.9 Å². The zero-order valence-corrected chi connectivity index (χ0v) is 17.9. The van der Waals surface area contributed by atoms with Gasteiger partial charge < -0.3 is 24.6 Å². The largest absolute Gasteiger partial charge is 0.486 e. The molecule has 0 amide bonds. The lowest BCUT2D eigenvalue weighted by molar-refractivity contribution is -0.159. The van der Waals surface area contributed by atoms with Crippen molar-refractivity contribution in [2.75, 3.05) is 32.8 Å². The molecule has 170 valence electrons. The number of benzene rings is 2. The third-order valence-electron chi connectivity index (χ3n) is 5.62. The van der Waals surface area contributed by atoms with Crippen LogP contribution in [0.25, 0.3) is 0 Å². The molecule has 8 heteroatoms. The molecule has 32 heavy (non-hydrogen) atoms. The zero-order chi connectivity index (χ0) is 23.1. The van der Waals surface area contributed by atoms with Crippen LogP contribution in [0.5, 0.6) is 11.5 Å². The minimum absolute atomic E-state index is 0.165. The lowest BCUT2D eigenvalue weighted by Gasteiger charge is -2.19. The van der Waals surface area contributed by atoms with Crippen molar-refractivity contribution in [3.63, 3.8) is 0 Å². The highest BCUT2D eigenvalue weighted by atomic mass is 16.6. The molecule has 1 fully saturated rings. The van der Waals surface area contributed by atoms with Crippen molar-refractivity contribution in [3.8, 4) is 11.5 Å². The highest BCUT2D eigenvalue weighted by Crippen LogP contribution is 2.33. The molecule has 0 bridgehead atoms. The van der Waals surface area contributed by atoms with Crippen molar-refractivity contribution in [1.82, 2.24) is 4.90 Å². The van der Waals surface area contributed by atoms with Crippen LogP contribution in [0.2, 0.25) is 0 Å². The van der Waals surface area contributed by atoms with Gasteiger partial charge in [0.2, 0.25) is 0 Å². The molecule has 0 saturated carbocycles. The Morgan fingerprint density at radius 3 is 2.25 bits per heavy atom. The van der Waals surface area contributed by atoms with Crippen molar-refractivity contribution < 1.29 is 34.1 Å². The number of carbonyl (C=O) groups excluding carboxylic acids is 1. The summed E-state index contributed by atoms with van der Waals surface area (Å²) < 4.78 is 11.1. The Morgan fingerprint density at radius 1 is 0.938 bits per heavy atom. The number of aliphatic carboxylic acids is 2. The first kappa shape index (κ1) is 23.3. The van der Waals surface area contributed by atoms with Gasteiger partial charge in [0.25, 0.3) is 0 Å². The number of hydrogen-bond acceptors (Lipinski definition) is 6. The molecule has 0 spiro atoms. The normalized spacial score (nSPS) is 19.5.